The summed E-state index contributed by atoms with van der Waals surface area (Å²) in [6.45, 7) is 9.85. The number of hydrogen-bond donors (Lipinski definition) is 2. The van der Waals surface area contributed by atoms with Gasteiger partial charge in [0.05, 0.1) is 6.42 Å². The second-order valence-electron chi connectivity index (χ2n) is 4.57. The van der Waals surface area contributed by atoms with E-state index in [0.29, 0.717) is 13.0 Å². The molecule has 0 saturated heterocycles. The van der Waals surface area contributed by atoms with Crippen LogP contribution in [0.4, 0.5) is 4.79 Å². The molecule has 0 aliphatic rings. The maximum atomic E-state index is 12.0. The van der Waals surface area contributed by atoms with E-state index >= 15 is 0 Å². The normalized spacial score (nSPS) is 12.0. The lowest BCUT2D eigenvalue weighted by molar-refractivity contribution is -0.137. The Balaban J connectivity index is 4.53. The maximum absolute atomic E-state index is 12.0. The van der Waals surface area contributed by atoms with Crippen molar-refractivity contribution in [1.29, 1.82) is 0 Å². The fourth-order valence-corrected chi connectivity index (χ4v) is 1.71. The van der Waals surface area contributed by atoms with Crippen molar-refractivity contribution in [2.24, 2.45) is 0 Å². The molecule has 1 atom stereocenters. The van der Waals surface area contributed by atoms with Gasteiger partial charge in [0.1, 0.15) is 0 Å². The molecule has 1 unspecified atom stereocenters. The SMILES string of the molecule is C=CCN(C(=O)NC(CCC)CC(=O)O)C(C)C. The monoisotopic (exact) mass is 256 g/mol. The van der Waals surface area contributed by atoms with E-state index < -0.39 is 5.97 Å². The number of carboxylic acid groups (broad SMARTS) is 1. The van der Waals surface area contributed by atoms with Crippen LogP contribution in [0.1, 0.15) is 40.0 Å². The molecule has 0 radical (unpaired) electrons. The van der Waals surface area contributed by atoms with E-state index in [1.165, 1.54) is 0 Å². The summed E-state index contributed by atoms with van der Waals surface area (Å²) < 4.78 is 0. The largest absolute Gasteiger partial charge is 0.481 e. The van der Waals surface area contributed by atoms with Gasteiger partial charge >= 0.3 is 12.0 Å². The fourth-order valence-electron chi connectivity index (χ4n) is 1.71. The van der Waals surface area contributed by atoms with E-state index in [1.54, 1.807) is 11.0 Å². The van der Waals surface area contributed by atoms with Crippen molar-refractivity contribution in [2.75, 3.05) is 6.54 Å². The van der Waals surface area contributed by atoms with Crippen LogP contribution >= 0.6 is 0 Å². The predicted octanol–water partition coefficient (Wildman–Crippen LogP) is 2.24. The topological polar surface area (TPSA) is 69.6 Å². The standard InChI is InChI=1S/C13H24N2O3/c1-5-7-11(9-12(16)17)14-13(18)15(8-6-2)10(3)4/h6,10-11H,2,5,7-9H2,1,3-4H3,(H,14,18)(H,16,17). The Morgan fingerprint density at radius 2 is 2.06 bits per heavy atom. The number of hydrogen-bond acceptors (Lipinski definition) is 2. The molecule has 0 bridgehead atoms. The molecule has 0 aromatic rings. The van der Waals surface area contributed by atoms with E-state index in [-0.39, 0.29) is 24.5 Å². The van der Waals surface area contributed by atoms with Crippen molar-refractivity contribution >= 4 is 12.0 Å². The molecule has 0 spiro atoms. The lowest BCUT2D eigenvalue weighted by Crippen LogP contribution is -2.48. The number of urea groups is 1. The first-order chi connectivity index (χ1) is 8.42. The van der Waals surface area contributed by atoms with Gasteiger partial charge in [-0.05, 0) is 20.3 Å². The Hall–Kier alpha value is -1.52. The molecular weight excluding hydrogens is 232 g/mol. The molecule has 2 amide bonds. The van der Waals surface area contributed by atoms with Crippen LogP contribution in [0.2, 0.25) is 0 Å². The Morgan fingerprint density at radius 3 is 2.44 bits per heavy atom. The predicted molar refractivity (Wildman–Crippen MR) is 71.5 cm³/mol. The van der Waals surface area contributed by atoms with Gasteiger partial charge in [0.15, 0.2) is 0 Å². The number of amides is 2. The molecule has 104 valence electrons. The number of nitrogens with one attached hydrogen (secondary N) is 1. The van der Waals surface area contributed by atoms with E-state index in [9.17, 15) is 9.59 Å². The van der Waals surface area contributed by atoms with Crippen LogP contribution in [0, 0.1) is 0 Å². The van der Waals surface area contributed by atoms with Gasteiger partial charge in [0, 0.05) is 18.6 Å². The van der Waals surface area contributed by atoms with Gasteiger partial charge < -0.3 is 15.3 Å². The van der Waals surface area contributed by atoms with Crippen molar-refractivity contribution < 1.29 is 14.7 Å². The molecule has 0 aromatic carbocycles. The molecule has 0 aliphatic carbocycles. The Labute approximate surface area is 109 Å². The minimum Gasteiger partial charge on any atom is -0.481 e. The van der Waals surface area contributed by atoms with E-state index in [4.69, 9.17) is 5.11 Å². The molecule has 5 nitrogen and oxygen atoms in total. The quantitative estimate of drug-likeness (QED) is 0.654. The highest BCUT2D eigenvalue weighted by atomic mass is 16.4. The third-order valence-electron chi connectivity index (χ3n) is 2.60. The summed E-state index contributed by atoms with van der Waals surface area (Å²) in [4.78, 5) is 24.4. The van der Waals surface area contributed by atoms with Gasteiger partial charge in [0.25, 0.3) is 0 Å². The number of carbonyl (C=O) groups excluding carboxylic acids is 1. The third kappa shape index (κ3) is 6.27. The van der Waals surface area contributed by atoms with Crippen LogP contribution < -0.4 is 5.32 Å². The first-order valence-electron chi connectivity index (χ1n) is 6.32. The first kappa shape index (κ1) is 16.5. The zero-order chi connectivity index (χ0) is 14.1. The average molecular weight is 256 g/mol. The van der Waals surface area contributed by atoms with Crippen molar-refractivity contribution in [3.8, 4) is 0 Å². The van der Waals surface area contributed by atoms with Crippen LogP contribution in [0.5, 0.6) is 0 Å². The minimum absolute atomic E-state index is 0.0421. The second-order valence-corrected chi connectivity index (χ2v) is 4.57. The lowest BCUT2D eigenvalue weighted by atomic mass is 10.1. The van der Waals surface area contributed by atoms with Gasteiger partial charge in [-0.2, -0.15) is 0 Å². The van der Waals surface area contributed by atoms with Crippen LogP contribution in [0.15, 0.2) is 12.7 Å². The molecule has 0 saturated carbocycles. The number of nitrogens with zero attached hydrogens (tertiary/aromatic N) is 1. The summed E-state index contributed by atoms with van der Waals surface area (Å²) in [7, 11) is 0. The molecule has 0 aliphatic heterocycles. The average Bonchev–Trinajstić information content (AvgIpc) is 2.24. The van der Waals surface area contributed by atoms with Crippen molar-refractivity contribution in [1.82, 2.24) is 10.2 Å². The smallest absolute Gasteiger partial charge is 0.318 e. The summed E-state index contributed by atoms with van der Waals surface area (Å²) in [5.41, 5.74) is 0. The van der Waals surface area contributed by atoms with Crippen molar-refractivity contribution in [2.45, 2.75) is 52.1 Å². The first-order valence-corrected chi connectivity index (χ1v) is 6.32. The number of rotatable bonds is 8. The van der Waals surface area contributed by atoms with Crippen LogP contribution in [-0.4, -0.2) is 40.6 Å². The Bertz CT molecular complexity index is 290. The van der Waals surface area contributed by atoms with E-state index in [0.717, 1.165) is 6.42 Å². The molecule has 0 fully saturated rings. The summed E-state index contributed by atoms with van der Waals surface area (Å²) in [5, 5.41) is 11.6. The number of aliphatic carboxylic acids is 1. The summed E-state index contributed by atoms with van der Waals surface area (Å²) in [6, 6.07) is -0.495. The maximum Gasteiger partial charge on any atom is 0.318 e. The zero-order valence-corrected chi connectivity index (χ0v) is 11.5. The number of carbonyl (C=O) groups is 2. The van der Waals surface area contributed by atoms with E-state index in [1.807, 2.05) is 20.8 Å². The highest BCUT2D eigenvalue weighted by Crippen LogP contribution is 2.05. The molecule has 0 aromatic heterocycles. The number of carboxylic acids is 1. The summed E-state index contributed by atoms with van der Waals surface area (Å²) in [6.07, 6.45) is 3.12. The Kier molecular flexibility index (Phi) is 7.83. The van der Waals surface area contributed by atoms with Crippen LogP contribution in [-0.2, 0) is 4.79 Å². The highest BCUT2D eigenvalue weighted by Gasteiger charge is 2.20. The zero-order valence-electron chi connectivity index (χ0n) is 11.5. The molecule has 2 N–H and O–H groups in total. The molecule has 5 heteroatoms. The summed E-state index contributed by atoms with van der Waals surface area (Å²) >= 11 is 0. The highest BCUT2D eigenvalue weighted by molar-refractivity contribution is 5.76. The molecule has 0 rings (SSSR count). The fraction of sp³-hybridized carbons (Fsp3) is 0.692. The van der Waals surface area contributed by atoms with Crippen LogP contribution in [0.25, 0.3) is 0 Å². The lowest BCUT2D eigenvalue weighted by Gasteiger charge is -2.28. The third-order valence-corrected chi connectivity index (χ3v) is 2.60. The van der Waals surface area contributed by atoms with Gasteiger partial charge in [-0.1, -0.05) is 19.4 Å². The minimum atomic E-state index is -0.895. The van der Waals surface area contributed by atoms with Crippen LogP contribution in [0.3, 0.4) is 0 Å². The van der Waals surface area contributed by atoms with Gasteiger partial charge in [-0.25, -0.2) is 4.79 Å². The van der Waals surface area contributed by atoms with Gasteiger partial charge in [-0.3, -0.25) is 4.79 Å². The van der Waals surface area contributed by atoms with Crippen molar-refractivity contribution in [3.63, 3.8) is 0 Å². The molecular formula is C13H24N2O3. The summed E-state index contributed by atoms with van der Waals surface area (Å²) in [5.74, 6) is -0.895. The second kappa shape index (κ2) is 8.55. The van der Waals surface area contributed by atoms with Gasteiger partial charge in [0.2, 0.25) is 0 Å². The van der Waals surface area contributed by atoms with E-state index in [2.05, 4.69) is 11.9 Å². The van der Waals surface area contributed by atoms with Crippen molar-refractivity contribution in [3.05, 3.63) is 12.7 Å². The molecule has 18 heavy (non-hydrogen) atoms. The Morgan fingerprint density at radius 1 is 1.44 bits per heavy atom. The van der Waals surface area contributed by atoms with Gasteiger partial charge in [-0.15, -0.1) is 6.58 Å². The molecule has 0 heterocycles.